The zero-order chi connectivity index (χ0) is 10.8. The molecule has 80 valence electrons. The van der Waals surface area contributed by atoms with Crippen molar-refractivity contribution < 1.29 is 4.79 Å². The van der Waals surface area contributed by atoms with Gasteiger partial charge in [0.05, 0.1) is 0 Å². The van der Waals surface area contributed by atoms with Crippen LogP contribution in [0.4, 0.5) is 0 Å². The molecular formula is C13H15BrO. The number of hydrogen-bond donors (Lipinski definition) is 0. The standard InChI is InChI=1S/C13H15BrO/c1-2-3-5-9-8-11-10(13(9)15)6-4-7-12(11)14/h4,6-7,9H,2-3,5,8H2,1H3. The van der Waals surface area contributed by atoms with E-state index in [0.29, 0.717) is 5.78 Å². The highest BCUT2D eigenvalue weighted by Crippen LogP contribution is 2.34. The van der Waals surface area contributed by atoms with Crippen LogP contribution in [0.5, 0.6) is 0 Å². The molecule has 0 aliphatic heterocycles. The molecule has 15 heavy (non-hydrogen) atoms. The van der Waals surface area contributed by atoms with Gasteiger partial charge in [0, 0.05) is 16.0 Å². The van der Waals surface area contributed by atoms with Crippen molar-refractivity contribution in [3.8, 4) is 0 Å². The average molecular weight is 267 g/mol. The van der Waals surface area contributed by atoms with Crippen molar-refractivity contribution in [3.63, 3.8) is 0 Å². The Labute approximate surface area is 99.0 Å². The topological polar surface area (TPSA) is 17.1 Å². The van der Waals surface area contributed by atoms with Crippen LogP contribution >= 0.6 is 15.9 Å². The predicted molar refractivity (Wildman–Crippen MR) is 65.2 cm³/mol. The monoisotopic (exact) mass is 266 g/mol. The third-order valence-electron chi connectivity index (χ3n) is 3.11. The first kappa shape index (κ1) is 10.9. The number of Topliss-reactive ketones (excluding diaryl/α,β-unsaturated/α-hetero) is 1. The Morgan fingerprint density at radius 3 is 2.93 bits per heavy atom. The van der Waals surface area contributed by atoms with Crippen molar-refractivity contribution in [2.75, 3.05) is 0 Å². The number of benzene rings is 1. The minimum Gasteiger partial charge on any atom is -0.294 e. The summed E-state index contributed by atoms with van der Waals surface area (Å²) in [5.74, 6) is 0.582. The van der Waals surface area contributed by atoms with Gasteiger partial charge in [0.25, 0.3) is 0 Å². The van der Waals surface area contributed by atoms with Crippen LogP contribution in [0.2, 0.25) is 0 Å². The van der Waals surface area contributed by atoms with Crippen molar-refractivity contribution in [2.24, 2.45) is 5.92 Å². The van der Waals surface area contributed by atoms with Crippen molar-refractivity contribution in [1.29, 1.82) is 0 Å². The average Bonchev–Trinajstić information content (AvgIpc) is 2.55. The Kier molecular flexibility index (Phi) is 3.25. The summed E-state index contributed by atoms with van der Waals surface area (Å²) in [6.45, 7) is 2.17. The summed E-state index contributed by atoms with van der Waals surface area (Å²) in [5, 5.41) is 0. The van der Waals surface area contributed by atoms with Gasteiger partial charge < -0.3 is 0 Å². The Bertz CT molecular complexity index is 384. The molecule has 1 aliphatic carbocycles. The van der Waals surface area contributed by atoms with Crippen LogP contribution in [0, 0.1) is 5.92 Å². The van der Waals surface area contributed by atoms with Gasteiger partial charge in [-0.15, -0.1) is 0 Å². The van der Waals surface area contributed by atoms with Gasteiger partial charge in [-0.05, 0) is 24.5 Å². The Hall–Kier alpha value is -0.630. The largest absolute Gasteiger partial charge is 0.294 e. The van der Waals surface area contributed by atoms with E-state index >= 15 is 0 Å². The lowest BCUT2D eigenvalue weighted by molar-refractivity contribution is 0.0929. The van der Waals surface area contributed by atoms with E-state index in [1.165, 1.54) is 12.0 Å². The summed E-state index contributed by atoms with van der Waals surface area (Å²) in [4.78, 5) is 12.0. The molecule has 1 atom stereocenters. The molecule has 0 saturated heterocycles. The second kappa shape index (κ2) is 4.48. The highest BCUT2D eigenvalue weighted by Gasteiger charge is 2.30. The summed E-state index contributed by atoms with van der Waals surface area (Å²) in [5.41, 5.74) is 2.15. The second-order valence-electron chi connectivity index (χ2n) is 4.17. The van der Waals surface area contributed by atoms with E-state index in [1.807, 2.05) is 18.2 Å². The minimum absolute atomic E-state index is 0.235. The maximum Gasteiger partial charge on any atom is 0.166 e. The van der Waals surface area contributed by atoms with Gasteiger partial charge >= 0.3 is 0 Å². The summed E-state index contributed by atoms with van der Waals surface area (Å²) >= 11 is 3.52. The number of halogens is 1. The lowest BCUT2D eigenvalue weighted by Gasteiger charge is -2.05. The summed E-state index contributed by atoms with van der Waals surface area (Å²) in [6.07, 6.45) is 4.29. The quantitative estimate of drug-likeness (QED) is 0.809. The third-order valence-corrected chi connectivity index (χ3v) is 3.85. The van der Waals surface area contributed by atoms with Gasteiger partial charge in [0.15, 0.2) is 5.78 Å². The van der Waals surface area contributed by atoms with Gasteiger partial charge in [-0.25, -0.2) is 0 Å². The van der Waals surface area contributed by atoms with E-state index in [0.717, 1.165) is 29.3 Å². The number of ketones is 1. The van der Waals surface area contributed by atoms with Gasteiger partial charge in [-0.2, -0.15) is 0 Å². The lowest BCUT2D eigenvalue weighted by Crippen LogP contribution is -2.08. The van der Waals surface area contributed by atoms with E-state index in [9.17, 15) is 4.79 Å². The minimum atomic E-state index is 0.235. The smallest absolute Gasteiger partial charge is 0.166 e. The molecule has 1 aliphatic rings. The van der Waals surface area contributed by atoms with Crippen LogP contribution < -0.4 is 0 Å². The molecule has 0 heterocycles. The number of rotatable bonds is 3. The molecule has 0 saturated carbocycles. The highest BCUT2D eigenvalue weighted by molar-refractivity contribution is 9.10. The predicted octanol–water partition coefficient (Wildman–Crippen LogP) is 3.99. The molecule has 0 spiro atoms. The van der Waals surface area contributed by atoms with Crippen molar-refractivity contribution >= 4 is 21.7 Å². The fourth-order valence-electron chi connectivity index (χ4n) is 2.24. The normalized spacial score (nSPS) is 19.3. The molecule has 0 bridgehead atoms. The van der Waals surface area contributed by atoms with Crippen molar-refractivity contribution in [2.45, 2.75) is 32.6 Å². The molecule has 0 N–H and O–H groups in total. The first-order valence-electron chi connectivity index (χ1n) is 5.55. The summed E-state index contributed by atoms with van der Waals surface area (Å²) < 4.78 is 1.09. The first-order chi connectivity index (χ1) is 7.24. The van der Waals surface area contributed by atoms with E-state index in [4.69, 9.17) is 0 Å². The fraction of sp³-hybridized carbons (Fsp3) is 0.462. The number of fused-ring (bicyclic) bond motifs is 1. The number of hydrogen-bond acceptors (Lipinski definition) is 1. The maximum atomic E-state index is 12.0. The molecule has 0 amide bonds. The van der Waals surface area contributed by atoms with E-state index in [2.05, 4.69) is 22.9 Å². The number of unbranched alkanes of at least 4 members (excludes halogenated alkanes) is 1. The molecule has 2 rings (SSSR count). The van der Waals surface area contributed by atoms with Gasteiger partial charge in [-0.3, -0.25) is 4.79 Å². The molecule has 0 radical (unpaired) electrons. The van der Waals surface area contributed by atoms with Crippen molar-refractivity contribution in [3.05, 3.63) is 33.8 Å². The van der Waals surface area contributed by atoms with Crippen LogP contribution in [0.15, 0.2) is 22.7 Å². The molecule has 1 nitrogen and oxygen atoms in total. The Morgan fingerprint density at radius 2 is 2.27 bits per heavy atom. The van der Waals surface area contributed by atoms with Gasteiger partial charge in [-0.1, -0.05) is 47.8 Å². The van der Waals surface area contributed by atoms with Crippen LogP contribution in [-0.4, -0.2) is 5.78 Å². The van der Waals surface area contributed by atoms with E-state index in [1.54, 1.807) is 0 Å². The lowest BCUT2D eigenvalue weighted by atomic mass is 9.98. The summed E-state index contributed by atoms with van der Waals surface area (Å²) in [7, 11) is 0. The molecule has 1 aromatic rings. The molecule has 2 heteroatoms. The Morgan fingerprint density at radius 1 is 1.47 bits per heavy atom. The van der Waals surface area contributed by atoms with Gasteiger partial charge in [0.1, 0.15) is 0 Å². The van der Waals surface area contributed by atoms with Crippen LogP contribution in [0.25, 0.3) is 0 Å². The Balaban J connectivity index is 2.22. The maximum absolute atomic E-state index is 12.0. The SMILES string of the molecule is CCCCC1Cc2c(Br)cccc2C1=O. The van der Waals surface area contributed by atoms with Crippen LogP contribution in [0.1, 0.15) is 42.1 Å². The van der Waals surface area contributed by atoms with Gasteiger partial charge in [0.2, 0.25) is 0 Å². The first-order valence-corrected chi connectivity index (χ1v) is 6.35. The number of carbonyl (C=O) groups is 1. The zero-order valence-electron chi connectivity index (χ0n) is 8.92. The van der Waals surface area contributed by atoms with E-state index in [-0.39, 0.29) is 5.92 Å². The second-order valence-corrected chi connectivity index (χ2v) is 5.03. The molecule has 1 unspecified atom stereocenters. The highest BCUT2D eigenvalue weighted by atomic mass is 79.9. The number of carbonyl (C=O) groups excluding carboxylic acids is 1. The fourth-order valence-corrected chi connectivity index (χ4v) is 2.77. The molecular weight excluding hydrogens is 252 g/mol. The molecule has 1 aromatic carbocycles. The molecule has 0 fully saturated rings. The van der Waals surface area contributed by atoms with Crippen LogP contribution in [-0.2, 0) is 6.42 Å². The van der Waals surface area contributed by atoms with E-state index < -0.39 is 0 Å². The van der Waals surface area contributed by atoms with Crippen LogP contribution in [0.3, 0.4) is 0 Å². The summed E-state index contributed by atoms with van der Waals surface area (Å²) in [6, 6.07) is 5.92. The zero-order valence-corrected chi connectivity index (χ0v) is 10.5. The van der Waals surface area contributed by atoms with Crippen molar-refractivity contribution in [1.82, 2.24) is 0 Å². The molecule has 0 aromatic heterocycles. The third kappa shape index (κ3) is 2.00.